The summed E-state index contributed by atoms with van der Waals surface area (Å²) < 4.78 is 0. The van der Waals surface area contributed by atoms with Crippen molar-refractivity contribution < 1.29 is 14.7 Å². The number of unbranched alkanes of at least 4 members (excludes halogenated alkanes) is 1. The maximum Gasteiger partial charge on any atom is 0.326 e. The highest BCUT2D eigenvalue weighted by atomic mass is 16.4. The summed E-state index contributed by atoms with van der Waals surface area (Å²) in [5.74, 6) is -0.0785. The summed E-state index contributed by atoms with van der Waals surface area (Å²) in [6.07, 6.45) is 8.34. The summed E-state index contributed by atoms with van der Waals surface area (Å²) in [5.41, 5.74) is 0. The molecule has 1 N–H and O–H groups in total. The van der Waals surface area contributed by atoms with Crippen LogP contribution in [0.3, 0.4) is 0 Å². The van der Waals surface area contributed by atoms with Crippen LogP contribution in [0, 0.1) is 11.8 Å². The molecular formula is C16H29NO3. The highest BCUT2D eigenvalue weighted by Crippen LogP contribution is 2.33. The maximum absolute atomic E-state index is 12.4. The lowest BCUT2D eigenvalue weighted by molar-refractivity contribution is -0.151. The molecule has 1 rings (SSSR count). The van der Waals surface area contributed by atoms with Crippen LogP contribution in [0.5, 0.6) is 0 Å². The van der Waals surface area contributed by atoms with Gasteiger partial charge in [0.15, 0.2) is 0 Å². The summed E-state index contributed by atoms with van der Waals surface area (Å²) in [7, 11) is 1.63. The molecule has 0 aromatic rings. The summed E-state index contributed by atoms with van der Waals surface area (Å²) in [5, 5.41) is 9.14. The molecule has 0 aliphatic heterocycles. The predicted molar refractivity (Wildman–Crippen MR) is 79.5 cm³/mol. The second-order valence-corrected chi connectivity index (χ2v) is 6.07. The predicted octanol–water partition coefficient (Wildman–Crippen LogP) is 3.30. The van der Waals surface area contributed by atoms with E-state index in [9.17, 15) is 9.59 Å². The molecule has 0 bridgehead atoms. The van der Waals surface area contributed by atoms with Gasteiger partial charge in [0.05, 0.1) is 0 Å². The number of carboxylic acids is 1. The average molecular weight is 283 g/mol. The van der Waals surface area contributed by atoms with Crippen LogP contribution in [0.1, 0.15) is 65.2 Å². The number of carboxylic acid groups (broad SMARTS) is 1. The minimum atomic E-state index is -0.903. The van der Waals surface area contributed by atoms with Gasteiger partial charge in [-0.05, 0) is 38.0 Å². The molecule has 0 aromatic carbocycles. The molecule has 4 nitrogen and oxygen atoms in total. The molecule has 20 heavy (non-hydrogen) atoms. The molecule has 0 heterocycles. The summed E-state index contributed by atoms with van der Waals surface area (Å²) in [4.78, 5) is 25.0. The van der Waals surface area contributed by atoms with E-state index in [-0.39, 0.29) is 11.8 Å². The Morgan fingerprint density at radius 2 is 1.80 bits per heavy atom. The van der Waals surface area contributed by atoms with Crippen LogP contribution in [0.4, 0.5) is 0 Å². The Balaban J connectivity index is 2.47. The second kappa shape index (κ2) is 8.28. The molecule has 116 valence electrons. The lowest BCUT2D eigenvalue weighted by Crippen LogP contribution is -2.45. The van der Waals surface area contributed by atoms with Gasteiger partial charge < -0.3 is 10.0 Å². The van der Waals surface area contributed by atoms with Crippen molar-refractivity contribution >= 4 is 11.9 Å². The van der Waals surface area contributed by atoms with Crippen molar-refractivity contribution in [1.82, 2.24) is 4.90 Å². The minimum Gasteiger partial charge on any atom is -0.480 e. The van der Waals surface area contributed by atoms with E-state index < -0.39 is 12.0 Å². The number of amides is 1. The Labute approximate surface area is 122 Å². The number of nitrogens with zero attached hydrogens (tertiary/aromatic N) is 1. The van der Waals surface area contributed by atoms with E-state index in [1.54, 1.807) is 7.05 Å². The monoisotopic (exact) mass is 283 g/mol. The van der Waals surface area contributed by atoms with Crippen molar-refractivity contribution in [3.05, 3.63) is 0 Å². The van der Waals surface area contributed by atoms with E-state index in [1.165, 1.54) is 24.2 Å². The normalized spacial score (nSPS) is 24.1. The van der Waals surface area contributed by atoms with Gasteiger partial charge in [0, 0.05) is 13.0 Å². The third-order valence-electron chi connectivity index (χ3n) is 4.65. The number of hydrogen-bond donors (Lipinski definition) is 1. The van der Waals surface area contributed by atoms with E-state index in [1.807, 2.05) is 6.92 Å². The average Bonchev–Trinajstić information content (AvgIpc) is 2.45. The zero-order valence-electron chi connectivity index (χ0n) is 13.1. The van der Waals surface area contributed by atoms with Gasteiger partial charge in [0.1, 0.15) is 6.04 Å². The first-order valence-corrected chi connectivity index (χ1v) is 8.00. The van der Waals surface area contributed by atoms with Crippen molar-refractivity contribution in [2.24, 2.45) is 11.8 Å². The topological polar surface area (TPSA) is 57.6 Å². The number of carbonyl (C=O) groups is 2. The van der Waals surface area contributed by atoms with E-state index in [4.69, 9.17) is 5.11 Å². The molecule has 1 fully saturated rings. The molecule has 0 aromatic heterocycles. The Kier molecular flexibility index (Phi) is 7.03. The fraction of sp³-hybridized carbons (Fsp3) is 0.875. The highest BCUT2D eigenvalue weighted by Gasteiger charge is 2.32. The number of carbonyl (C=O) groups excluding carboxylic acids is 1. The van der Waals surface area contributed by atoms with Crippen LogP contribution in [-0.4, -0.2) is 35.0 Å². The molecule has 1 amide bonds. The lowest BCUT2D eigenvalue weighted by Gasteiger charge is -2.32. The van der Waals surface area contributed by atoms with Gasteiger partial charge in [-0.3, -0.25) is 4.79 Å². The van der Waals surface area contributed by atoms with Gasteiger partial charge in [-0.2, -0.15) is 0 Å². The van der Waals surface area contributed by atoms with Crippen LogP contribution in [0.2, 0.25) is 0 Å². The maximum atomic E-state index is 12.4. The van der Waals surface area contributed by atoms with Crippen LogP contribution in [-0.2, 0) is 9.59 Å². The Bertz CT molecular complexity index is 322. The third kappa shape index (κ3) is 4.50. The Morgan fingerprint density at radius 1 is 1.20 bits per heavy atom. The van der Waals surface area contributed by atoms with Crippen LogP contribution < -0.4 is 0 Å². The Hall–Kier alpha value is -1.06. The first kappa shape index (κ1) is 17.0. The number of hydrogen-bond acceptors (Lipinski definition) is 2. The molecule has 1 saturated carbocycles. The third-order valence-corrected chi connectivity index (χ3v) is 4.65. The molecule has 1 atom stereocenters. The summed E-state index contributed by atoms with van der Waals surface area (Å²) >= 11 is 0. The Morgan fingerprint density at radius 3 is 2.25 bits per heavy atom. The van der Waals surface area contributed by atoms with Crippen molar-refractivity contribution in [3.8, 4) is 0 Å². The van der Waals surface area contributed by atoms with E-state index in [2.05, 4.69) is 6.92 Å². The molecular weight excluding hydrogens is 254 g/mol. The fourth-order valence-electron chi connectivity index (χ4n) is 3.25. The first-order valence-electron chi connectivity index (χ1n) is 8.00. The van der Waals surface area contributed by atoms with E-state index in [0.29, 0.717) is 6.42 Å². The van der Waals surface area contributed by atoms with Gasteiger partial charge >= 0.3 is 5.97 Å². The lowest BCUT2D eigenvalue weighted by atomic mass is 9.79. The molecule has 4 heteroatoms. The van der Waals surface area contributed by atoms with Gasteiger partial charge in [0.2, 0.25) is 5.91 Å². The zero-order chi connectivity index (χ0) is 15.1. The van der Waals surface area contributed by atoms with Crippen molar-refractivity contribution in [2.75, 3.05) is 7.05 Å². The van der Waals surface area contributed by atoms with Gasteiger partial charge in [-0.25, -0.2) is 4.79 Å². The largest absolute Gasteiger partial charge is 0.480 e. The highest BCUT2D eigenvalue weighted by molar-refractivity contribution is 5.84. The van der Waals surface area contributed by atoms with Crippen LogP contribution >= 0.6 is 0 Å². The van der Waals surface area contributed by atoms with Crippen LogP contribution in [0.25, 0.3) is 0 Å². The minimum absolute atomic E-state index is 0.0215. The SMILES string of the molecule is CCCCC1CCC(C(=O)N(C)C(CC)C(=O)O)CC1. The fourth-order valence-corrected chi connectivity index (χ4v) is 3.25. The van der Waals surface area contributed by atoms with Gasteiger partial charge in [0.25, 0.3) is 0 Å². The van der Waals surface area contributed by atoms with E-state index >= 15 is 0 Å². The molecule has 0 radical (unpaired) electrons. The van der Waals surface area contributed by atoms with Gasteiger partial charge in [-0.15, -0.1) is 0 Å². The standard InChI is InChI=1S/C16H29NO3/c1-4-6-7-12-8-10-13(11-9-12)15(18)17(3)14(5-2)16(19)20/h12-14H,4-11H2,1-3H3,(H,19,20). The number of rotatable bonds is 7. The molecule has 1 aliphatic carbocycles. The zero-order valence-corrected chi connectivity index (χ0v) is 13.1. The number of aliphatic carboxylic acids is 1. The summed E-state index contributed by atoms with van der Waals surface area (Å²) in [6, 6.07) is -0.680. The first-order chi connectivity index (χ1) is 9.51. The molecule has 1 aliphatic rings. The molecule has 1 unspecified atom stereocenters. The van der Waals surface area contributed by atoms with Crippen LogP contribution in [0.15, 0.2) is 0 Å². The van der Waals surface area contributed by atoms with Crippen molar-refractivity contribution in [3.63, 3.8) is 0 Å². The molecule has 0 spiro atoms. The van der Waals surface area contributed by atoms with E-state index in [0.717, 1.165) is 31.6 Å². The quantitative estimate of drug-likeness (QED) is 0.780. The van der Waals surface area contributed by atoms with Crippen molar-refractivity contribution in [1.29, 1.82) is 0 Å². The van der Waals surface area contributed by atoms with Crippen molar-refractivity contribution in [2.45, 2.75) is 71.3 Å². The second-order valence-electron chi connectivity index (χ2n) is 6.07. The summed E-state index contributed by atoms with van der Waals surface area (Å²) in [6.45, 7) is 4.02. The smallest absolute Gasteiger partial charge is 0.326 e. The molecule has 0 saturated heterocycles. The number of likely N-dealkylation sites (N-methyl/N-ethyl adjacent to an activating group) is 1. The van der Waals surface area contributed by atoms with Gasteiger partial charge in [-0.1, -0.05) is 33.1 Å².